The first-order chi connectivity index (χ1) is 19.6. The van der Waals surface area contributed by atoms with Crippen LogP contribution in [-0.2, 0) is 19.1 Å². The van der Waals surface area contributed by atoms with Gasteiger partial charge < -0.3 is 14.6 Å². The molecule has 0 spiro atoms. The maximum atomic E-state index is 12.0. The highest BCUT2D eigenvalue weighted by molar-refractivity contribution is 5.81. The lowest BCUT2D eigenvalue weighted by atomic mass is 10.0. The number of esters is 2. The van der Waals surface area contributed by atoms with Gasteiger partial charge in [0.2, 0.25) is 0 Å². The Morgan fingerprint density at radius 1 is 0.700 bits per heavy atom. The molecule has 1 atom stereocenters. The van der Waals surface area contributed by atoms with Crippen LogP contribution in [0.15, 0.2) is 87.2 Å². The van der Waals surface area contributed by atoms with Gasteiger partial charge >= 0.3 is 11.9 Å². The van der Waals surface area contributed by atoms with Crippen LogP contribution in [0.5, 0.6) is 0 Å². The van der Waals surface area contributed by atoms with E-state index >= 15 is 0 Å². The standard InChI is InChI=1S/C35H40O5/c1-3-5-7-9-11-13-15-17-19-21-23-25-27-29-34(37)39-32-33(31-36)40-35(38)30-28-26-24-22-20-18-16-14-12-10-8-6-4-2/h29,33,36H,1,4,6,8,10,12,14,16,18,20,22,24,26,28,30-32H2,2H3. The van der Waals surface area contributed by atoms with E-state index in [-0.39, 0.29) is 13.0 Å². The quantitative estimate of drug-likeness (QED) is 0.0818. The topological polar surface area (TPSA) is 72.8 Å². The highest BCUT2D eigenvalue weighted by atomic mass is 16.6. The fraction of sp³-hybridized carbons (Fsp3) is 0.514. The van der Waals surface area contributed by atoms with E-state index in [2.05, 4.69) is 88.0 Å². The second kappa shape index (κ2) is 29.3. The molecule has 0 saturated carbocycles. The molecule has 0 aliphatic heterocycles. The van der Waals surface area contributed by atoms with Gasteiger partial charge in [-0.1, -0.05) is 95.4 Å². The maximum Gasteiger partial charge on any atom is 0.339 e. The number of unbranched alkanes of at least 4 members (excludes halogenated alkanes) is 12. The van der Waals surface area contributed by atoms with Gasteiger partial charge in [0, 0.05) is 6.42 Å². The molecule has 5 heteroatoms. The molecule has 0 rings (SSSR count). The lowest BCUT2D eigenvalue weighted by molar-refractivity contribution is -0.159. The highest BCUT2D eigenvalue weighted by Gasteiger charge is 2.15. The molecule has 0 heterocycles. The molecular weight excluding hydrogens is 500 g/mol. The van der Waals surface area contributed by atoms with Crippen LogP contribution in [-0.4, -0.2) is 36.4 Å². The van der Waals surface area contributed by atoms with Crippen LogP contribution in [0.1, 0.15) is 96.8 Å². The summed E-state index contributed by atoms with van der Waals surface area (Å²) in [5.41, 5.74) is 31.8. The normalized spacial score (nSPS) is 9.25. The lowest BCUT2D eigenvalue weighted by Crippen LogP contribution is -2.28. The summed E-state index contributed by atoms with van der Waals surface area (Å²) in [7, 11) is 0. The molecule has 210 valence electrons. The molecule has 0 aliphatic carbocycles. The van der Waals surface area contributed by atoms with Crippen LogP contribution in [0.3, 0.4) is 0 Å². The van der Waals surface area contributed by atoms with Crippen molar-refractivity contribution in [3.05, 3.63) is 87.2 Å². The maximum absolute atomic E-state index is 12.0. The molecule has 0 bridgehead atoms. The van der Waals surface area contributed by atoms with Crippen LogP contribution in [0, 0.1) is 0 Å². The Kier molecular flexibility index (Phi) is 26.2. The summed E-state index contributed by atoms with van der Waals surface area (Å²) in [4.78, 5) is 23.7. The number of hydrogen-bond acceptors (Lipinski definition) is 5. The van der Waals surface area contributed by atoms with Gasteiger partial charge in [-0.3, -0.25) is 4.79 Å². The molecule has 0 aromatic heterocycles. The predicted octanol–water partition coefficient (Wildman–Crippen LogP) is 7.12. The van der Waals surface area contributed by atoms with Crippen molar-refractivity contribution in [3.63, 3.8) is 0 Å². The molecule has 0 aromatic rings. The van der Waals surface area contributed by atoms with E-state index in [1.807, 2.05) is 0 Å². The van der Waals surface area contributed by atoms with Crippen molar-refractivity contribution >= 4 is 11.9 Å². The molecule has 0 fully saturated rings. The Morgan fingerprint density at radius 2 is 1.15 bits per heavy atom. The minimum absolute atomic E-state index is 0.256. The van der Waals surface area contributed by atoms with Gasteiger partial charge in [0.1, 0.15) is 6.61 Å². The van der Waals surface area contributed by atoms with Gasteiger partial charge in [-0.05, 0) is 76.0 Å². The Labute approximate surface area is 239 Å². The molecule has 1 N–H and O–H groups in total. The van der Waals surface area contributed by atoms with Crippen LogP contribution >= 0.6 is 0 Å². The van der Waals surface area contributed by atoms with E-state index in [0.717, 1.165) is 25.3 Å². The molecule has 0 saturated heterocycles. The summed E-state index contributed by atoms with van der Waals surface area (Å²) in [5, 5.41) is 9.41. The number of aliphatic hydroxyl groups excluding tert-OH is 1. The van der Waals surface area contributed by atoms with E-state index in [1.165, 1.54) is 64.2 Å². The summed E-state index contributed by atoms with van der Waals surface area (Å²) < 4.78 is 10.2. The zero-order valence-corrected chi connectivity index (χ0v) is 23.8. The molecule has 0 amide bonds. The van der Waals surface area contributed by atoms with Gasteiger partial charge in [-0.15, -0.1) is 0 Å². The Morgan fingerprint density at radius 3 is 1.62 bits per heavy atom. The number of aliphatic hydroxyl groups is 1. The third-order valence-corrected chi connectivity index (χ3v) is 5.37. The lowest BCUT2D eigenvalue weighted by Gasteiger charge is -2.15. The van der Waals surface area contributed by atoms with Gasteiger partial charge in [-0.25, -0.2) is 4.79 Å². The van der Waals surface area contributed by atoms with Gasteiger partial charge in [0.25, 0.3) is 0 Å². The van der Waals surface area contributed by atoms with Gasteiger partial charge in [0.15, 0.2) is 6.10 Å². The van der Waals surface area contributed by atoms with Crippen molar-refractivity contribution in [1.29, 1.82) is 0 Å². The number of carbonyl (C=O) groups excluding carboxylic acids is 2. The van der Waals surface area contributed by atoms with Crippen molar-refractivity contribution in [2.24, 2.45) is 0 Å². The van der Waals surface area contributed by atoms with Gasteiger partial charge in [-0.2, -0.15) is 0 Å². The number of rotatable bonds is 19. The van der Waals surface area contributed by atoms with Crippen LogP contribution in [0.2, 0.25) is 0 Å². The summed E-state index contributed by atoms with van der Waals surface area (Å²) in [6.45, 7) is 4.85. The average molecular weight is 541 g/mol. The molecule has 0 aromatic carbocycles. The summed E-state index contributed by atoms with van der Waals surface area (Å²) in [5.74, 6) is -1.14. The molecule has 5 nitrogen and oxygen atoms in total. The molecule has 0 radical (unpaired) electrons. The second-order valence-electron chi connectivity index (χ2n) is 8.76. The van der Waals surface area contributed by atoms with E-state index in [1.54, 1.807) is 0 Å². The Hall–Kier alpha value is -4.22. The first kappa shape index (κ1) is 35.8. The Bertz CT molecular complexity index is 1250. The monoisotopic (exact) mass is 540 g/mol. The minimum atomic E-state index is -0.909. The Balaban J connectivity index is 4.24. The van der Waals surface area contributed by atoms with Crippen molar-refractivity contribution in [1.82, 2.24) is 0 Å². The number of carbonyl (C=O) groups is 2. The smallest absolute Gasteiger partial charge is 0.339 e. The first-order valence-electron chi connectivity index (χ1n) is 14.0. The van der Waals surface area contributed by atoms with Crippen LogP contribution in [0.4, 0.5) is 0 Å². The van der Waals surface area contributed by atoms with Crippen LogP contribution < -0.4 is 0 Å². The third kappa shape index (κ3) is 26.8. The second-order valence-corrected chi connectivity index (χ2v) is 8.76. The van der Waals surface area contributed by atoms with Crippen molar-refractivity contribution in [3.8, 4) is 0 Å². The highest BCUT2D eigenvalue weighted by Crippen LogP contribution is 2.13. The first-order valence-corrected chi connectivity index (χ1v) is 14.0. The zero-order chi connectivity index (χ0) is 29.4. The van der Waals surface area contributed by atoms with E-state index in [4.69, 9.17) is 9.47 Å². The SMILES string of the molecule is C=C=C=C=C=C=C=C=C=C=C=C=C=C=CC(=O)OCC(CO)OC(=O)CCCCCCCCCCCCCCC. The average Bonchev–Trinajstić information content (AvgIpc) is 2.96. The van der Waals surface area contributed by atoms with E-state index in [9.17, 15) is 14.7 Å². The molecule has 40 heavy (non-hydrogen) atoms. The summed E-state index contributed by atoms with van der Waals surface area (Å²) in [6, 6.07) is 0. The van der Waals surface area contributed by atoms with Crippen molar-refractivity contribution < 1.29 is 24.2 Å². The zero-order valence-electron chi connectivity index (χ0n) is 23.8. The van der Waals surface area contributed by atoms with E-state index < -0.39 is 24.6 Å². The molecule has 1 unspecified atom stereocenters. The largest absolute Gasteiger partial charge is 0.458 e. The number of ether oxygens (including phenoxy) is 2. The number of hydrogen-bond donors (Lipinski definition) is 1. The van der Waals surface area contributed by atoms with Crippen molar-refractivity contribution in [2.45, 2.75) is 103 Å². The molecule has 0 aliphatic rings. The van der Waals surface area contributed by atoms with E-state index in [0.29, 0.717) is 0 Å². The fourth-order valence-corrected chi connectivity index (χ4v) is 3.33. The fourth-order valence-electron chi connectivity index (χ4n) is 3.33. The predicted molar refractivity (Wildman–Crippen MR) is 154 cm³/mol. The summed E-state index contributed by atoms with van der Waals surface area (Å²) >= 11 is 0. The summed E-state index contributed by atoms with van der Waals surface area (Å²) in [6.07, 6.45) is 16.3. The van der Waals surface area contributed by atoms with Crippen LogP contribution in [0.25, 0.3) is 0 Å². The molecular formula is C35H40O5. The minimum Gasteiger partial charge on any atom is -0.458 e. The third-order valence-electron chi connectivity index (χ3n) is 5.37. The van der Waals surface area contributed by atoms with Gasteiger partial charge in [0.05, 0.1) is 12.7 Å². The van der Waals surface area contributed by atoms with Crippen molar-refractivity contribution in [2.75, 3.05) is 13.2 Å².